The molecule has 2 aromatic rings. The number of rotatable bonds is 6. The molecule has 2 rings (SSSR count). The normalized spacial score (nSPS) is 12.5. The van der Waals surface area contributed by atoms with Crippen molar-refractivity contribution < 1.29 is 17.9 Å². The Morgan fingerprint density at radius 1 is 1.12 bits per heavy atom. The molecule has 0 heterocycles. The Morgan fingerprint density at radius 2 is 1.79 bits per heavy atom. The van der Waals surface area contributed by atoms with Crippen LogP contribution in [0.15, 0.2) is 48.5 Å². The highest BCUT2D eigenvalue weighted by atomic mass is 32.2. The van der Waals surface area contributed by atoms with Gasteiger partial charge in [-0.15, -0.1) is 0 Å². The van der Waals surface area contributed by atoms with Crippen LogP contribution in [-0.4, -0.2) is 27.7 Å². The molecule has 0 aliphatic carbocycles. The van der Waals surface area contributed by atoms with Crippen LogP contribution in [0.4, 0.5) is 11.4 Å². The van der Waals surface area contributed by atoms with Gasteiger partial charge in [0.1, 0.15) is 0 Å². The molecule has 0 bridgehead atoms. The van der Waals surface area contributed by atoms with E-state index in [0.717, 1.165) is 17.4 Å². The topological polar surface area (TPSA) is 84.5 Å². The largest absolute Gasteiger partial charge is 0.367 e. The Labute approximate surface area is 141 Å². The van der Waals surface area contributed by atoms with Crippen molar-refractivity contribution in [3.8, 4) is 0 Å². The van der Waals surface area contributed by atoms with Crippen molar-refractivity contribution in [3.63, 3.8) is 0 Å². The zero-order chi connectivity index (χ0) is 17.7. The van der Waals surface area contributed by atoms with Crippen LogP contribution in [0.3, 0.4) is 0 Å². The quantitative estimate of drug-likeness (QED) is 0.840. The summed E-state index contributed by atoms with van der Waals surface area (Å²) in [5, 5.41) is 2.75. The molecular weight excluding hydrogens is 328 g/mol. The van der Waals surface area contributed by atoms with Crippen molar-refractivity contribution in [2.75, 3.05) is 23.4 Å². The van der Waals surface area contributed by atoms with E-state index in [1.165, 1.54) is 7.11 Å². The molecule has 0 saturated heterocycles. The minimum Gasteiger partial charge on any atom is -0.367 e. The Balaban J connectivity index is 2.21. The van der Waals surface area contributed by atoms with Gasteiger partial charge in [-0.2, -0.15) is 0 Å². The molecule has 0 spiro atoms. The van der Waals surface area contributed by atoms with Gasteiger partial charge < -0.3 is 10.1 Å². The molecule has 1 atom stereocenters. The minimum absolute atomic E-state index is 0.335. The van der Waals surface area contributed by atoms with E-state index in [9.17, 15) is 13.2 Å². The van der Waals surface area contributed by atoms with Crippen molar-refractivity contribution >= 4 is 27.3 Å². The highest BCUT2D eigenvalue weighted by molar-refractivity contribution is 7.92. The molecule has 0 aliphatic rings. The second kappa shape index (κ2) is 7.46. The van der Waals surface area contributed by atoms with E-state index >= 15 is 0 Å². The van der Waals surface area contributed by atoms with E-state index in [0.29, 0.717) is 11.4 Å². The SMILES string of the molecule is COC(C(=O)Nc1ccc(C)c(NS(C)(=O)=O)c1)c1ccccc1. The van der Waals surface area contributed by atoms with Crippen LogP contribution >= 0.6 is 0 Å². The monoisotopic (exact) mass is 348 g/mol. The highest BCUT2D eigenvalue weighted by Crippen LogP contribution is 2.23. The van der Waals surface area contributed by atoms with Crippen LogP contribution in [0.2, 0.25) is 0 Å². The molecule has 2 aromatic carbocycles. The van der Waals surface area contributed by atoms with E-state index in [2.05, 4.69) is 10.0 Å². The smallest absolute Gasteiger partial charge is 0.258 e. The fourth-order valence-electron chi connectivity index (χ4n) is 2.24. The third kappa shape index (κ3) is 4.81. The molecule has 0 saturated carbocycles. The summed E-state index contributed by atoms with van der Waals surface area (Å²) >= 11 is 0. The van der Waals surface area contributed by atoms with Crippen LogP contribution in [0.25, 0.3) is 0 Å². The van der Waals surface area contributed by atoms with Gasteiger partial charge in [-0.25, -0.2) is 8.42 Å². The predicted molar refractivity (Wildman–Crippen MR) is 94.5 cm³/mol. The average molecular weight is 348 g/mol. The van der Waals surface area contributed by atoms with Crippen molar-refractivity contribution in [2.24, 2.45) is 0 Å². The molecule has 128 valence electrons. The molecule has 0 aromatic heterocycles. The van der Waals surface area contributed by atoms with Gasteiger partial charge in [-0.1, -0.05) is 36.4 Å². The number of hydrogen-bond donors (Lipinski definition) is 2. The fraction of sp³-hybridized carbons (Fsp3) is 0.235. The molecule has 2 N–H and O–H groups in total. The summed E-state index contributed by atoms with van der Waals surface area (Å²) in [5.74, 6) is -0.335. The number of benzene rings is 2. The Hall–Kier alpha value is -2.38. The molecule has 1 unspecified atom stereocenters. The number of amides is 1. The first kappa shape index (κ1) is 18.0. The third-order valence-electron chi connectivity index (χ3n) is 3.38. The first-order valence-electron chi connectivity index (χ1n) is 7.27. The van der Waals surface area contributed by atoms with Crippen molar-refractivity contribution in [1.29, 1.82) is 0 Å². The van der Waals surface area contributed by atoms with Gasteiger partial charge in [-0.05, 0) is 30.2 Å². The molecule has 1 amide bonds. The molecule has 0 fully saturated rings. The summed E-state index contributed by atoms with van der Waals surface area (Å²) in [4.78, 5) is 12.5. The van der Waals surface area contributed by atoms with Crippen LogP contribution in [0.1, 0.15) is 17.2 Å². The lowest BCUT2D eigenvalue weighted by Crippen LogP contribution is -2.22. The predicted octanol–water partition coefficient (Wildman–Crippen LogP) is 2.69. The Morgan fingerprint density at radius 3 is 2.38 bits per heavy atom. The molecule has 0 radical (unpaired) electrons. The standard InChI is InChI=1S/C17H20N2O4S/c1-12-9-10-14(11-15(12)19-24(3,21)22)18-17(20)16(23-2)13-7-5-4-6-8-13/h4-11,16,19H,1-3H3,(H,18,20). The first-order valence-corrected chi connectivity index (χ1v) is 9.16. The number of ether oxygens (including phenoxy) is 1. The second-order valence-corrected chi connectivity index (χ2v) is 7.17. The third-order valence-corrected chi connectivity index (χ3v) is 3.97. The summed E-state index contributed by atoms with van der Waals surface area (Å²) in [6.45, 7) is 1.78. The van der Waals surface area contributed by atoms with E-state index < -0.39 is 16.1 Å². The second-order valence-electron chi connectivity index (χ2n) is 5.42. The first-order chi connectivity index (χ1) is 11.3. The maximum Gasteiger partial charge on any atom is 0.258 e. The van der Waals surface area contributed by atoms with Gasteiger partial charge in [0, 0.05) is 12.8 Å². The summed E-state index contributed by atoms with van der Waals surface area (Å²) in [6, 6.07) is 14.1. The van der Waals surface area contributed by atoms with E-state index in [1.54, 1.807) is 37.3 Å². The van der Waals surface area contributed by atoms with Gasteiger partial charge in [-0.3, -0.25) is 9.52 Å². The number of carbonyl (C=O) groups excluding carboxylic acids is 1. The van der Waals surface area contributed by atoms with Gasteiger partial charge in [0.25, 0.3) is 5.91 Å². The summed E-state index contributed by atoms with van der Waals surface area (Å²) in [5.41, 5.74) is 2.39. The summed E-state index contributed by atoms with van der Waals surface area (Å²) < 4.78 is 30.5. The number of hydrogen-bond acceptors (Lipinski definition) is 4. The fourth-order valence-corrected chi connectivity index (χ4v) is 2.86. The van der Waals surface area contributed by atoms with E-state index in [4.69, 9.17) is 4.74 Å². The molecular formula is C17H20N2O4S. The van der Waals surface area contributed by atoms with E-state index in [1.807, 2.05) is 18.2 Å². The van der Waals surface area contributed by atoms with Crippen LogP contribution < -0.4 is 10.0 Å². The molecule has 7 heteroatoms. The lowest BCUT2D eigenvalue weighted by atomic mass is 10.1. The average Bonchev–Trinajstić information content (AvgIpc) is 2.51. The van der Waals surface area contributed by atoms with Crippen LogP contribution in [0.5, 0.6) is 0 Å². The number of methoxy groups -OCH3 is 1. The van der Waals surface area contributed by atoms with Crippen LogP contribution in [0, 0.1) is 6.92 Å². The number of nitrogens with one attached hydrogen (secondary N) is 2. The number of sulfonamides is 1. The lowest BCUT2D eigenvalue weighted by Gasteiger charge is -2.16. The number of aryl methyl sites for hydroxylation is 1. The zero-order valence-corrected chi connectivity index (χ0v) is 14.6. The van der Waals surface area contributed by atoms with Crippen molar-refractivity contribution in [3.05, 3.63) is 59.7 Å². The molecule has 24 heavy (non-hydrogen) atoms. The van der Waals surface area contributed by atoms with Crippen molar-refractivity contribution in [1.82, 2.24) is 0 Å². The highest BCUT2D eigenvalue weighted by Gasteiger charge is 2.20. The van der Waals surface area contributed by atoms with Crippen molar-refractivity contribution in [2.45, 2.75) is 13.0 Å². The Bertz CT molecular complexity index is 820. The maximum absolute atomic E-state index is 12.5. The lowest BCUT2D eigenvalue weighted by molar-refractivity contribution is -0.126. The summed E-state index contributed by atoms with van der Waals surface area (Å²) in [6.07, 6.45) is 0.326. The summed E-state index contributed by atoms with van der Waals surface area (Å²) in [7, 11) is -1.93. The maximum atomic E-state index is 12.5. The van der Waals surface area contributed by atoms with Gasteiger partial charge in [0.05, 0.1) is 11.9 Å². The number of carbonyl (C=O) groups is 1. The van der Waals surface area contributed by atoms with Gasteiger partial charge in [0.2, 0.25) is 10.0 Å². The zero-order valence-electron chi connectivity index (χ0n) is 13.7. The molecule has 0 aliphatic heterocycles. The van der Waals surface area contributed by atoms with Gasteiger partial charge in [0.15, 0.2) is 6.10 Å². The van der Waals surface area contributed by atoms with E-state index in [-0.39, 0.29) is 5.91 Å². The minimum atomic E-state index is -3.40. The Kier molecular flexibility index (Phi) is 5.58. The number of anilines is 2. The molecule has 6 nitrogen and oxygen atoms in total. The van der Waals surface area contributed by atoms with Gasteiger partial charge >= 0.3 is 0 Å². The van der Waals surface area contributed by atoms with Crippen LogP contribution in [-0.2, 0) is 19.6 Å².